The number of nitrogens with one attached hydrogen (secondary N) is 2. The quantitative estimate of drug-likeness (QED) is 0.739. The lowest BCUT2D eigenvalue weighted by atomic mass is 10.1. The number of hydrogen-bond donors (Lipinski definition) is 3. The Morgan fingerprint density at radius 1 is 1.12 bits per heavy atom. The third kappa shape index (κ3) is 5.29. The van der Waals surface area contributed by atoms with Crippen molar-refractivity contribution in [2.24, 2.45) is 0 Å². The molecule has 0 heterocycles. The molecule has 1 unspecified atom stereocenters. The molecular formula is C19H21FN2O4. The summed E-state index contributed by atoms with van der Waals surface area (Å²) in [5, 5.41) is 15.5. The number of hydrogen-bond acceptors (Lipinski definition) is 4. The molecule has 1 atom stereocenters. The zero-order chi connectivity index (χ0) is 19.3. The molecule has 0 fully saturated rings. The molecule has 3 N–H and O–H groups in total. The first-order valence-electron chi connectivity index (χ1n) is 7.98. The van der Waals surface area contributed by atoms with Crippen LogP contribution >= 0.6 is 0 Å². The zero-order valence-corrected chi connectivity index (χ0v) is 14.8. The molecule has 2 amide bonds. The number of benzene rings is 2. The fraction of sp³-hybridized carbons (Fsp3) is 0.263. The Labute approximate surface area is 151 Å². The molecule has 26 heavy (non-hydrogen) atoms. The van der Waals surface area contributed by atoms with E-state index in [2.05, 4.69) is 10.6 Å². The highest BCUT2D eigenvalue weighted by atomic mass is 19.1. The number of aliphatic hydroxyl groups is 1. The molecule has 2 rings (SSSR count). The second-order valence-corrected chi connectivity index (χ2v) is 6.19. The molecule has 138 valence electrons. The van der Waals surface area contributed by atoms with Crippen molar-refractivity contribution < 1.29 is 23.8 Å². The number of amides is 2. The molecule has 0 radical (unpaired) electrons. The summed E-state index contributed by atoms with van der Waals surface area (Å²) in [6, 6.07) is 10.7. The van der Waals surface area contributed by atoms with Crippen molar-refractivity contribution in [3.8, 4) is 5.75 Å². The fourth-order valence-corrected chi connectivity index (χ4v) is 2.12. The average molecular weight is 360 g/mol. The molecule has 0 aliphatic rings. The molecule has 0 bridgehead atoms. The van der Waals surface area contributed by atoms with E-state index in [9.17, 15) is 19.1 Å². The number of anilines is 2. The Morgan fingerprint density at radius 2 is 1.73 bits per heavy atom. The van der Waals surface area contributed by atoms with Gasteiger partial charge in [-0.3, -0.25) is 9.59 Å². The molecule has 0 saturated carbocycles. The second kappa shape index (κ2) is 7.97. The van der Waals surface area contributed by atoms with Crippen LogP contribution in [-0.4, -0.2) is 29.1 Å². The largest absolute Gasteiger partial charge is 0.490 e. The van der Waals surface area contributed by atoms with Crippen molar-refractivity contribution in [3.05, 3.63) is 53.8 Å². The summed E-state index contributed by atoms with van der Waals surface area (Å²) in [5.41, 5.74) is -0.411. The van der Waals surface area contributed by atoms with Crippen LogP contribution < -0.4 is 15.4 Å². The van der Waals surface area contributed by atoms with Gasteiger partial charge in [-0.05, 0) is 61.9 Å². The molecule has 7 heteroatoms. The summed E-state index contributed by atoms with van der Waals surface area (Å²) < 4.78 is 18.7. The SMILES string of the molecule is CC(=O)Nc1ccc(OCC(C)(O)C(=O)Nc2ccc(F)c(C)c2)cc1. The van der Waals surface area contributed by atoms with Crippen LogP contribution in [0, 0.1) is 12.7 Å². The van der Waals surface area contributed by atoms with Gasteiger partial charge >= 0.3 is 0 Å². The van der Waals surface area contributed by atoms with Crippen LogP contribution in [0.4, 0.5) is 15.8 Å². The van der Waals surface area contributed by atoms with E-state index in [1.807, 2.05) is 0 Å². The minimum atomic E-state index is -1.79. The molecule has 0 aliphatic heterocycles. The van der Waals surface area contributed by atoms with Gasteiger partial charge in [0.25, 0.3) is 5.91 Å². The summed E-state index contributed by atoms with van der Waals surface area (Å²) in [6.45, 7) is 4.03. The maximum atomic E-state index is 13.3. The minimum absolute atomic E-state index is 0.186. The molecule has 0 spiro atoms. The first-order valence-corrected chi connectivity index (χ1v) is 7.98. The van der Waals surface area contributed by atoms with Gasteiger partial charge in [-0.2, -0.15) is 0 Å². The van der Waals surface area contributed by atoms with Gasteiger partial charge in [0, 0.05) is 18.3 Å². The third-order valence-corrected chi connectivity index (χ3v) is 3.60. The van der Waals surface area contributed by atoms with E-state index in [0.717, 1.165) is 0 Å². The lowest BCUT2D eigenvalue weighted by Gasteiger charge is -2.22. The van der Waals surface area contributed by atoms with Crippen molar-refractivity contribution in [1.29, 1.82) is 0 Å². The topological polar surface area (TPSA) is 87.7 Å². The lowest BCUT2D eigenvalue weighted by Crippen LogP contribution is -2.45. The van der Waals surface area contributed by atoms with Crippen LogP contribution in [-0.2, 0) is 9.59 Å². The van der Waals surface area contributed by atoms with Gasteiger partial charge in [-0.1, -0.05) is 0 Å². The highest BCUT2D eigenvalue weighted by Gasteiger charge is 2.31. The Bertz CT molecular complexity index is 804. The van der Waals surface area contributed by atoms with Gasteiger partial charge in [0.2, 0.25) is 5.91 Å². The van der Waals surface area contributed by atoms with Gasteiger partial charge in [0.05, 0.1) is 0 Å². The maximum Gasteiger partial charge on any atom is 0.259 e. The summed E-state index contributed by atoms with van der Waals surface area (Å²) in [6.07, 6.45) is 0. The Kier molecular flexibility index (Phi) is 5.94. The van der Waals surface area contributed by atoms with E-state index < -0.39 is 11.5 Å². The van der Waals surface area contributed by atoms with Gasteiger partial charge in [0.1, 0.15) is 18.2 Å². The predicted octanol–water partition coefficient (Wildman–Crippen LogP) is 2.86. The number of carbonyl (C=O) groups is 2. The lowest BCUT2D eigenvalue weighted by molar-refractivity contribution is -0.135. The highest BCUT2D eigenvalue weighted by molar-refractivity contribution is 5.97. The number of carbonyl (C=O) groups excluding carboxylic acids is 2. The third-order valence-electron chi connectivity index (χ3n) is 3.60. The first-order chi connectivity index (χ1) is 12.2. The van der Waals surface area contributed by atoms with Gasteiger partial charge in [-0.15, -0.1) is 0 Å². The van der Waals surface area contributed by atoms with Gasteiger partial charge in [0.15, 0.2) is 5.60 Å². The number of halogens is 1. The number of ether oxygens (including phenoxy) is 1. The van der Waals surface area contributed by atoms with E-state index >= 15 is 0 Å². The minimum Gasteiger partial charge on any atom is -0.490 e. The van der Waals surface area contributed by atoms with Crippen molar-refractivity contribution in [2.45, 2.75) is 26.4 Å². The highest BCUT2D eigenvalue weighted by Crippen LogP contribution is 2.19. The molecule has 0 saturated heterocycles. The van der Waals surface area contributed by atoms with E-state index in [0.29, 0.717) is 22.7 Å². The Hall–Kier alpha value is -2.93. The van der Waals surface area contributed by atoms with Crippen LogP contribution in [0.1, 0.15) is 19.4 Å². The van der Waals surface area contributed by atoms with Crippen LogP contribution in [0.5, 0.6) is 5.75 Å². The summed E-state index contributed by atoms with van der Waals surface area (Å²) >= 11 is 0. The summed E-state index contributed by atoms with van der Waals surface area (Å²) in [4.78, 5) is 23.2. The van der Waals surface area contributed by atoms with E-state index in [1.54, 1.807) is 31.2 Å². The zero-order valence-electron chi connectivity index (χ0n) is 14.8. The van der Waals surface area contributed by atoms with E-state index in [1.165, 1.54) is 32.0 Å². The maximum absolute atomic E-state index is 13.3. The van der Waals surface area contributed by atoms with Crippen molar-refractivity contribution in [1.82, 2.24) is 0 Å². The molecule has 0 aromatic heterocycles. The van der Waals surface area contributed by atoms with Crippen LogP contribution in [0.3, 0.4) is 0 Å². The van der Waals surface area contributed by atoms with Crippen LogP contribution in [0.25, 0.3) is 0 Å². The van der Waals surface area contributed by atoms with Crippen LogP contribution in [0.2, 0.25) is 0 Å². The monoisotopic (exact) mass is 360 g/mol. The van der Waals surface area contributed by atoms with Gasteiger partial charge in [-0.25, -0.2) is 4.39 Å². The Balaban J connectivity index is 1.95. The molecule has 6 nitrogen and oxygen atoms in total. The Morgan fingerprint density at radius 3 is 2.31 bits per heavy atom. The second-order valence-electron chi connectivity index (χ2n) is 6.19. The van der Waals surface area contributed by atoms with Crippen molar-refractivity contribution in [3.63, 3.8) is 0 Å². The summed E-state index contributed by atoms with van der Waals surface area (Å²) in [5.74, 6) is -0.793. The summed E-state index contributed by atoms with van der Waals surface area (Å²) in [7, 11) is 0. The smallest absolute Gasteiger partial charge is 0.259 e. The fourth-order valence-electron chi connectivity index (χ4n) is 2.12. The number of rotatable bonds is 6. The standard InChI is InChI=1S/C19H21FN2O4/c1-12-10-15(6-9-17(12)20)22-18(24)19(3,25)11-26-16-7-4-14(5-8-16)21-13(2)23/h4-10,25H,11H2,1-3H3,(H,21,23)(H,22,24). The molecular weight excluding hydrogens is 339 g/mol. The van der Waals surface area contributed by atoms with Crippen molar-refractivity contribution >= 4 is 23.2 Å². The number of aryl methyl sites for hydroxylation is 1. The molecule has 2 aromatic carbocycles. The normalized spacial score (nSPS) is 12.8. The van der Waals surface area contributed by atoms with Crippen LogP contribution in [0.15, 0.2) is 42.5 Å². The van der Waals surface area contributed by atoms with Gasteiger partial charge < -0.3 is 20.5 Å². The molecule has 0 aliphatic carbocycles. The van der Waals surface area contributed by atoms with E-state index in [4.69, 9.17) is 4.74 Å². The average Bonchev–Trinajstić information content (AvgIpc) is 2.57. The molecule has 2 aromatic rings. The first kappa shape index (κ1) is 19.4. The van der Waals surface area contributed by atoms with Crippen molar-refractivity contribution in [2.75, 3.05) is 17.2 Å². The predicted molar refractivity (Wildman–Crippen MR) is 96.6 cm³/mol. The van der Waals surface area contributed by atoms with E-state index in [-0.39, 0.29) is 18.3 Å².